The Hall–Kier alpha value is -2.87. The minimum atomic E-state index is 0.552. The van der Waals surface area contributed by atoms with Gasteiger partial charge < -0.3 is 24.3 Å². The van der Waals surface area contributed by atoms with E-state index in [1.54, 1.807) is 14.2 Å². The maximum absolute atomic E-state index is 6.12. The summed E-state index contributed by atoms with van der Waals surface area (Å²) in [5, 5.41) is 12.7. The highest BCUT2D eigenvalue weighted by Crippen LogP contribution is 2.43. The number of anilines is 2. The number of fused-ring (bicyclic) bond motifs is 3. The Morgan fingerprint density at radius 2 is 1.56 bits per heavy atom. The van der Waals surface area contributed by atoms with E-state index in [2.05, 4.69) is 21.6 Å². The molecule has 1 heterocycles. The van der Waals surface area contributed by atoms with Gasteiger partial charge in [-0.25, -0.2) is 0 Å². The molecule has 0 spiro atoms. The van der Waals surface area contributed by atoms with Gasteiger partial charge in [-0.05, 0) is 41.8 Å². The monoisotopic (exact) mass is 457 g/mol. The molecule has 32 heavy (non-hydrogen) atoms. The molecule has 3 N–H and O–H groups in total. The molecule has 8 heteroatoms. The van der Waals surface area contributed by atoms with Crippen LogP contribution in [0.25, 0.3) is 22.0 Å². The Morgan fingerprint density at radius 3 is 2.25 bits per heavy atom. The first kappa shape index (κ1) is 22.3. The highest BCUT2D eigenvalue weighted by atomic mass is 35.5. The van der Waals surface area contributed by atoms with Crippen LogP contribution in [0.2, 0.25) is 5.02 Å². The molecule has 4 rings (SSSR count). The van der Waals surface area contributed by atoms with Gasteiger partial charge in [-0.3, -0.25) is 10.2 Å². The largest absolute Gasteiger partial charge is 0.490 e. The zero-order valence-corrected chi connectivity index (χ0v) is 19.1. The fourth-order valence-corrected chi connectivity index (χ4v) is 3.80. The number of rotatable bonds is 12. The fraction of sp³-hybridized carbons (Fsp3) is 0.333. The molecule has 2 aliphatic rings. The molecule has 0 aromatic heterocycles. The molecule has 2 aromatic rings. The normalized spacial score (nSPS) is 11.3. The van der Waals surface area contributed by atoms with Crippen molar-refractivity contribution in [3.05, 3.63) is 47.5 Å². The van der Waals surface area contributed by atoms with Gasteiger partial charge in [0.25, 0.3) is 0 Å². The Kier molecular flexibility index (Phi) is 7.42. The van der Waals surface area contributed by atoms with Crippen molar-refractivity contribution in [3.63, 3.8) is 0 Å². The maximum Gasteiger partial charge on any atom is 0.161 e. The van der Waals surface area contributed by atoms with Crippen LogP contribution in [0.3, 0.4) is 0 Å². The summed E-state index contributed by atoms with van der Waals surface area (Å²) in [5.74, 6) is 2.31. The number of hydrogen-bond donors (Lipinski definition) is 3. The summed E-state index contributed by atoms with van der Waals surface area (Å²) in [6.45, 7) is 2.41. The zero-order chi connectivity index (χ0) is 22.3. The van der Waals surface area contributed by atoms with Crippen molar-refractivity contribution in [1.29, 1.82) is 0 Å². The van der Waals surface area contributed by atoms with Gasteiger partial charge in [0.15, 0.2) is 11.5 Å². The maximum atomic E-state index is 6.12. The summed E-state index contributed by atoms with van der Waals surface area (Å²) >= 11 is 6.12. The van der Waals surface area contributed by atoms with E-state index in [1.807, 2.05) is 36.4 Å². The van der Waals surface area contributed by atoms with Crippen LogP contribution < -0.4 is 14.8 Å². The second kappa shape index (κ2) is 10.6. The van der Waals surface area contributed by atoms with Gasteiger partial charge >= 0.3 is 0 Å². The Balaban J connectivity index is 1.61. The van der Waals surface area contributed by atoms with E-state index in [9.17, 15) is 0 Å². The molecule has 0 unspecified atom stereocenters. The van der Waals surface area contributed by atoms with Crippen LogP contribution in [-0.4, -0.2) is 50.8 Å². The highest BCUT2D eigenvalue weighted by molar-refractivity contribution is 6.30. The number of nitrogens with one attached hydrogen (secondary N) is 3. The molecule has 0 atom stereocenters. The van der Waals surface area contributed by atoms with Gasteiger partial charge in [-0.1, -0.05) is 17.7 Å². The van der Waals surface area contributed by atoms with Crippen LogP contribution in [-0.2, 0) is 9.47 Å². The van der Waals surface area contributed by atoms with E-state index < -0.39 is 0 Å². The lowest BCUT2D eigenvalue weighted by Crippen LogP contribution is -2.05. The topological polar surface area (TPSA) is 80.5 Å². The molecule has 1 aliphatic carbocycles. The standard InChI is InChI=1S/C24H28ClN3O4/c1-29-8-4-10-31-21-13-16-12-20-23(19(16)15-22(21)32-11-5-9-30-2)27-28-24(20)26-18-7-3-6-17(25)14-18/h3,6-7,12-15,26-28H,4-5,8-11H2,1-2H3. The van der Waals surface area contributed by atoms with E-state index in [0.717, 1.165) is 57.9 Å². The summed E-state index contributed by atoms with van der Waals surface area (Å²) in [6, 6.07) is 13.8. The third kappa shape index (κ3) is 5.12. The van der Waals surface area contributed by atoms with Crippen LogP contribution in [0.1, 0.15) is 12.8 Å². The predicted molar refractivity (Wildman–Crippen MR) is 128 cm³/mol. The molecule has 0 bridgehead atoms. The molecule has 1 aliphatic heterocycles. The van der Waals surface area contributed by atoms with Crippen LogP contribution in [0.5, 0.6) is 11.5 Å². The second-order valence-corrected chi connectivity index (χ2v) is 7.91. The molecule has 0 radical (unpaired) electrons. The molecule has 0 amide bonds. The number of aromatic nitrogens is 2. The molecule has 170 valence electrons. The van der Waals surface area contributed by atoms with E-state index in [1.165, 1.54) is 0 Å². The van der Waals surface area contributed by atoms with Crippen molar-refractivity contribution in [3.8, 4) is 22.8 Å². The summed E-state index contributed by atoms with van der Waals surface area (Å²) in [7, 11) is 3.38. The molecular weight excluding hydrogens is 430 g/mol. The highest BCUT2D eigenvalue weighted by Gasteiger charge is 2.20. The Morgan fingerprint density at radius 1 is 0.844 bits per heavy atom. The van der Waals surface area contributed by atoms with Gasteiger partial charge in [-0.2, -0.15) is 0 Å². The van der Waals surface area contributed by atoms with Crippen LogP contribution >= 0.6 is 11.6 Å². The number of methoxy groups -OCH3 is 2. The Bertz CT molecular complexity index is 1120. The molecule has 0 saturated heterocycles. The van der Waals surface area contributed by atoms with Gasteiger partial charge in [0, 0.05) is 61.9 Å². The SMILES string of the molecule is COCCCOc1cc2cc3c(Nc4cccc(Cl)c4)[nH][nH]c-3c2cc1OCCCOC. The second-order valence-electron chi connectivity index (χ2n) is 7.47. The predicted octanol–water partition coefficient (Wildman–Crippen LogP) is 5.83. The van der Waals surface area contributed by atoms with E-state index in [-0.39, 0.29) is 0 Å². The molecule has 0 saturated carbocycles. The van der Waals surface area contributed by atoms with Gasteiger partial charge in [-0.15, -0.1) is 0 Å². The van der Waals surface area contributed by atoms with Crippen molar-refractivity contribution in [2.45, 2.75) is 12.8 Å². The lowest BCUT2D eigenvalue weighted by atomic mass is 10.2. The van der Waals surface area contributed by atoms with Crippen LogP contribution in [0.15, 0.2) is 42.5 Å². The first-order valence-electron chi connectivity index (χ1n) is 10.6. The average molecular weight is 458 g/mol. The number of halogens is 1. The molecule has 2 aromatic carbocycles. The van der Waals surface area contributed by atoms with E-state index in [4.69, 9.17) is 30.5 Å². The number of benzene rings is 2. The van der Waals surface area contributed by atoms with Crippen molar-refractivity contribution >= 4 is 33.9 Å². The van der Waals surface area contributed by atoms with Crippen LogP contribution in [0, 0.1) is 0 Å². The number of H-pyrrole nitrogens is 2. The van der Waals surface area contributed by atoms with Gasteiger partial charge in [0.1, 0.15) is 5.82 Å². The lowest BCUT2D eigenvalue weighted by molar-refractivity contribution is 0.163. The summed E-state index contributed by atoms with van der Waals surface area (Å²) in [4.78, 5) is 0. The molecular formula is C24H28ClN3O4. The summed E-state index contributed by atoms with van der Waals surface area (Å²) in [5.41, 5.74) is 2.95. The third-order valence-electron chi connectivity index (χ3n) is 5.13. The Labute approximate surface area is 192 Å². The van der Waals surface area contributed by atoms with Crippen LogP contribution in [0.4, 0.5) is 11.5 Å². The number of ether oxygens (including phenoxy) is 4. The summed E-state index contributed by atoms with van der Waals surface area (Å²) < 4.78 is 22.3. The molecule has 7 nitrogen and oxygen atoms in total. The van der Waals surface area contributed by atoms with Crippen molar-refractivity contribution in [2.75, 3.05) is 46.0 Å². The number of aromatic amines is 2. The molecule has 0 fully saturated rings. The van der Waals surface area contributed by atoms with Gasteiger partial charge in [0.05, 0.1) is 18.9 Å². The van der Waals surface area contributed by atoms with Crippen molar-refractivity contribution in [2.24, 2.45) is 0 Å². The number of hydrogen-bond acceptors (Lipinski definition) is 5. The van der Waals surface area contributed by atoms with E-state index >= 15 is 0 Å². The smallest absolute Gasteiger partial charge is 0.161 e. The average Bonchev–Trinajstić information content (AvgIpc) is 3.33. The minimum Gasteiger partial charge on any atom is -0.490 e. The van der Waals surface area contributed by atoms with Crippen molar-refractivity contribution in [1.82, 2.24) is 10.2 Å². The first-order chi connectivity index (χ1) is 15.7. The first-order valence-corrected chi connectivity index (χ1v) is 11.0. The van der Waals surface area contributed by atoms with Gasteiger partial charge in [0.2, 0.25) is 0 Å². The van der Waals surface area contributed by atoms with Crippen molar-refractivity contribution < 1.29 is 18.9 Å². The minimum absolute atomic E-state index is 0.552. The third-order valence-corrected chi connectivity index (χ3v) is 5.37. The lowest BCUT2D eigenvalue weighted by Gasteiger charge is -2.13. The van der Waals surface area contributed by atoms with E-state index in [0.29, 0.717) is 31.5 Å². The quantitative estimate of drug-likeness (QED) is 0.233. The fourth-order valence-electron chi connectivity index (χ4n) is 3.61. The zero-order valence-electron chi connectivity index (χ0n) is 18.3. The summed E-state index contributed by atoms with van der Waals surface area (Å²) in [6.07, 6.45) is 1.61.